The number of halogens is 1. The molecule has 1 amide bonds. The largest absolute Gasteiger partial charge is 0.496 e. The number of ether oxygens (including phenoxy) is 1. The van der Waals surface area contributed by atoms with Crippen molar-refractivity contribution in [1.82, 2.24) is 0 Å². The van der Waals surface area contributed by atoms with Crippen molar-refractivity contribution >= 4 is 23.2 Å². The highest BCUT2D eigenvalue weighted by molar-refractivity contribution is 6.30. The highest BCUT2D eigenvalue weighted by Crippen LogP contribution is 2.51. The second-order valence-electron chi connectivity index (χ2n) is 8.69. The molecule has 1 atom stereocenters. The molecule has 0 aliphatic carbocycles. The topological polar surface area (TPSA) is 29.5 Å². The van der Waals surface area contributed by atoms with E-state index in [-0.39, 0.29) is 11.3 Å². The van der Waals surface area contributed by atoms with Gasteiger partial charge in [0.15, 0.2) is 0 Å². The fourth-order valence-corrected chi connectivity index (χ4v) is 5.03. The number of hydrogen-bond acceptors (Lipinski definition) is 2. The fourth-order valence-electron chi connectivity index (χ4n) is 4.90. The van der Waals surface area contributed by atoms with Crippen LogP contribution in [0.5, 0.6) is 5.75 Å². The third-order valence-corrected chi connectivity index (χ3v) is 6.40. The highest BCUT2D eigenvalue weighted by atomic mass is 35.5. The minimum atomic E-state index is -0.416. The van der Waals surface area contributed by atoms with Crippen LogP contribution in [-0.4, -0.2) is 18.6 Å². The number of methoxy groups -OCH3 is 1. The number of anilines is 1. The molecule has 3 nitrogen and oxygen atoms in total. The van der Waals surface area contributed by atoms with Crippen LogP contribution in [0, 0.1) is 0 Å². The molecule has 0 saturated heterocycles. The first kappa shape index (κ1) is 20.5. The Hall–Kier alpha value is -2.78. The average Bonchev–Trinajstić information content (AvgIpc) is 2.73. The van der Waals surface area contributed by atoms with Crippen LogP contribution in [0.4, 0.5) is 5.69 Å². The van der Waals surface area contributed by atoms with Crippen molar-refractivity contribution in [2.24, 2.45) is 0 Å². The predicted octanol–water partition coefficient (Wildman–Crippen LogP) is 6.48. The molecule has 0 bridgehead atoms. The first-order chi connectivity index (χ1) is 14.3. The average molecular weight is 420 g/mol. The van der Waals surface area contributed by atoms with Gasteiger partial charge >= 0.3 is 0 Å². The quantitative estimate of drug-likeness (QED) is 0.486. The highest BCUT2D eigenvalue weighted by Gasteiger charge is 2.48. The van der Waals surface area contributed by atoms with Gasteiger partial charge in [0.2, 0.25) is 0 Å². The summed E-state index contributed by atoms with van der Waals surface area (Å²) in [4.78, 5) is 15.7. The summed E-state index contributed by atoms with van der Waals surface area (Å²) in [6.45, 7) is 6.51. The number of carbonyl (C=O) groups excluding carboxylic acids is 1. The molecule has 0 aromatic heterocycles. The lowest BCUT2D eigenvalue weighted by Crippen LogP contribution is -2.55. The SMILES string of the molecule is COc1ccccc1C(=O)N1c2ccccc2[C@](C)(c2ccc(Cl)cc2)CC1(C)C. The molecule has 0 N–H and O–H groups in total. The van der Waals surface area contributed by atoms with Crippen molar-refractivity contribution in [3.05, 3.63) is 94.5 Å². The van der Waals surface area contributed by atoms with Crippen LogP contribution < -0.4 is 9.64 Å². The van der Waals surface area contributed by atoms with Crippen molar-refractivity contribution < 1.29 is 9.53 Å². The Bertz CT molecular complexity index is 1090. The van der Waals surface area contributed by atoms with Crippen LogP contribution in [-0.2, 0) is 5.41 Å². The van der Waals surface area contributed by atoms with E-state index in [1.165, 1.54) is 5.56 Å². The Labute approximate surface area is 183 Å². The minimum absolute atomic E-state index is 0.0527. The third kappa shape index (κ3) is 3.27. The molecule has 1 aliphatic rings. The summed E-state index contributed by atoms with van der Waals surface area (Å²) >= 11 is 6.15. The molecule has 1 aliphatic heterocycles. The van der Waals surface area contributed by atoms with Gasteiger partial charge in [0.25, 0.3) is 5.91 Å². The van der Waals surface area contributed by atoms with Gasteiger partial charge in [-0.1, -0.05) is 61.0 Å². The second-order valence-corrected chi connectivity index (χ2v) is 9.12. The zero-order valence-electron chi connectivity index (χ0n) is 17.8. The van der Waals surface area contributed by atoms with Crippen molar-refractivity contribution in [2.45, 2.75) is 38.1 Å². The van der Waals surface area contributed by atoms with Gasteiger partial charge < -0.3 is 9.64 Å². The first-order valence-electron chi connectivity index (χ1n) is 10.1. The van der Waals surface area contributed by atoms with Crippen LogP contribution in [0.25, 0.3) is 0 Å². The van der Waals surface area contributed by atoms with E-state index >= 15 is 0 Å². The minimum Gasteiger partial charge on any atom is -0.496 e. The number of carbonyl (C=O) groups is 1. The smallest absolute Gasteiger partial charge is 0.262 e. The monoisotopic (exact) mass is 419 g/mol. The van der Waals surface area contributed by atoms with Crippen LogP contribution in [0.1, 0.15) is 48.7 Å². The predicted molar refractivity (Wildman–Crippen MR) is 123 cm³/mol. The molecular formula is C26H26ClNO2. The van der Waals surface area contributed by atoms with E-state index in [4.69, 9.17) is 16.3 Å². The van der Waals surface area contributed by atoms with Gasteiger partial charge in [-0.15, -0.1) is 0 Å². The Balaban J connectivity index is 1.89. The maximum absolute atomic E-state index is 13.8. The number of nitrogens with zero attached hydrogens (tertiary/aromatic N) is 1. The molecule has 3 aromatic carbocycles. The van der Waals surface area contributed by atoms with E-state index in [1.54, 1.807) is 7.11 Å². The maximum atomic E-state index is 13.8. The van der Waals surface area contributed by atoms with E-state index in [1.807, 2.05) is 59.5 Å². The van der Waals surface area contributed by atoms with Crippen LogP contribution >= 0.6 is 11.6 Å². The molecule has 4 rings (SSSR count). The second kappa shape index (κ2) is 7.48. The lowest BCUT2D eigenvalue weighted by atomic mass is 9.65. The van der Waals surface area contributed by atoms with E-state index < -0.39 is 5.54 Å². The van der Waals surface area contributed by atoms with E-state index in [2.05, 4.69) is 39.0 Å². The van der Waals surface area contributed by atoms with Gasteiger partial charge in [-0.3, -0.25) is 4.79 Å². The summed E-state index contributed by atoms with van der Waals surface area (Å²) in [7, 11) is 1.60. The van der Waals surface area contributed by atoms with Crippen molar-refractivity contribution in [3.8, 4) is 5.75 Å². The van der Waals surface area contributed by atoms with E-state index in [0.29, 0.717) is 11.3 Å². The van der Waals surface area contributed by atoms with Crippen molar-refractivity contribution in [3.63, 3.8) is 0 Å². The summed E-state index contributed by atoms with van der Waals surface area (Å²) in [5.41, 5.74) is 3.16. The molecule has 0 unspecified atom stereocenters. The Morgan fingerprint density at radius 2 is 1.57 bits per heavy atom. The summed E-state index contributed by atoms with van der Waals surface area (Å²) in [6.07, 6.45) is 0.777. The van der Waals surface area contributed by atoms with Crippen molar-refractivity contribution in [1.29, 1.82) is 0 Å². The molecule has 30 heavy (non-hydrogen) atoms. The normalized spacial score (nSPS) is 19.8. The van der Waals surface area contributed by atoms with Crippen LogP contribution in [0.2, 0.25) is 5.02 Å². The Morgan fingerprint density at radius 1 is 0.933 bits per heavy atom. The zero-order valence-corrected chi connectivity index (χ0v) is 18.5. The number of amides is 1. The molecule has 0 spiro atoms. The van der Waals surface area contributed by atoms with Gasteiger partial charge in [-0.05, 0) is 61.7 Å². The number of para-hydroxylation sites is 2. The van der Waals surface area contributed by atoms with Gasteiger partial charge in [-0.25, -0.2) is 0 Å². The molecular weight excluding hydrogens is 394 g/mol. The maximum Gasteiger partial charge on any atom is 0.262 e. The molecule has 1 heterocycles. The molecule has 0 fully saturated rings. The fraction of sp³-hybridized carbons (Fsp3) is 0.269. The van der Waals surface area contributed by atoms with Crippen LogP contribution in [0.15, 0.2) is 72.8 Å². The summed E-state index contributed by atoms with van der Waals surface area (Å²) in [5.74, 6) is 0.532. The molecule has 0 radical (unpaired) electrons. The van der Waals surface area contributed by atoms with E-state index in [0.717, 1.165) is 22.7 Å². The molecule has 154 valence electrons. The van der Waals surface area contributed by atoms with Gasteiger partial charge in [0, 0.05) is 21.7 Å². The van der Waals surface area contributed by atoms with Gasteiger partial charge in [-0.2, -0.15) is 0 Å². The lowest BCUT2D eigenvalue weighted by Gasteiger charge is -2.51. The molecule has 4 heteroatoms. The lowest BCUT2D eigenvalue weighted by molar-refractivity contribution is 0.0946. The molecule has 0 saturated carbocycles. The number of hydrogen-bond donors (Lipinski definition) is 0. The zero-order chi connectivity index (χ0) is 21.5. The third-order valence-electron chi connectivity index (χ3n) is 6.15. The number of benzene rings is 3. The Morgan fingerprint density at radius 3 is 2.27 bits per heavy atom. The van der Waals surface area contributed by atoms with Crippen molar-refractivity contribution in [2.75, 3.05) is 12.0 Å². The van der Waals surface area contributed by atoms with Gasteiger partial charge in [0.1, 0.15) is 5.75 Å². The Kier molecular flexibility index (Phi) is 5.11. The summed E-state index contributed by atoms with van der Waals surface area (Å²) in [6, 6.07) is 23.6. The summed E-state index contributed by atoms with van der Waals surface area (Å²) < 4.78 is 5.47. The number of rotatable bonds is 3. The number of fused-ring (bicyclic) bond motifs is 1. The van der Waals surface area contributed by atoms with Gasteiger partial charge in [0.05, 0.1) is 12.7 Å². The standard InChI is InChI=1S/C26H26ClNO2/c1-25(2)17-26(3,18-13-15-19(27)16-14-18)21-10-6-7-11-22(21)28(25)24(29)20-9-5-8-12-23(20)30-4/h5-16H,17H2,1-4H3/t26-/m0/s1. The molecule has 3 aromatic rings. The van der Waals surface area contributed by atoms with Crippen LogP contribution in [0.3, 0.4) is 0 Å². The van der Waals surface area contributed by atoms with E-state index in [9.17, 15) is 4.79 Å². The first-order valence-corrected chi connectivity index (χ1v) is 10.5. The summed E-state index contributed by atoms with van der Waals surface area (Å²) in [5, 5.41) is 0.721.